The summed E-state index contributed by atoms with van der Waals surface area (Å²) in [7, 11) is 9.95. The summed E-state index contributed by atoms with van der Waals surface area (Å²) in [6, 6.07) is 0. The van der Waals surface area contributed by atoms with Crippen molar-refractivity contribution in [1.82, 2.24) is 0 Å². The molecule has 0 unspecified atom stereocenters. The second-order valence-corrected chi connectivity index (χ2v) is 6.09. The molecule has 7 heteroatoms. The third kappa shape index (κ3) is 11.1. The van der Waals surface area contributed by atoms with E-state index in [9.17, 15) is 0 Å². The number of rotatable bonds is 16. The van der Waals surface area contributed by atoms with E-state index < -0.39 is 0 Å². The second kappa shape index (κ2) is 17.1. The molecule has 0 spiro atoms. The van der Waals surface area contributed by atoms with Crippen LogP contribution in [0.2, 0.25) is 0 Å². The number of methoxy groups -OCH3 is 6. The Bertz CT molecular complexity index is 214. The summed E-state index contributed by atoms with van der Waals surface area (Å²) in [4.78, 5) is 0. The Kier molecular flexibility index (Phi) is 18.5. The molecule has 0 saturated carbocycles. The predicted molar refractivity (Wildman–Crippen MR) is 98.3 cm³/mol. The SMILES string of the molecule is CC.COCC(COC)(COC)COCC(COC)(COC)COC. The molecule has 0 amide bonds. The van der Waals surface area contributed by atoms with Crippen molar-refractivity contribution >= 4 is 0 Å². The third-order valence-corrected chi connectivity index (χ3v) is 3.52. The van der Waals surface area contributed by atoms with E-state index in [-0.39, 0.29) is 10.8 Å². The van der Waals surface area contributed by atoms with E-state index in [1.165, 1.54) is 0 Å². The molecular weight excluding hydrogens is 328 g/mol. The van der Waals surface area contributed by atoms with Gasteiger partial charge in [0, 0.05) is 42.7 Å². The lowest BCUT2D eigenvalue weighted by Crippen LogP contribution is -2.45. The van der Waals surface area contributed by atoms with Crippen LogP contribution in [0.4, 0.5) is 0 Å². The molecule has 0 N–H and O–H groups in total. The molecule has 0 aromatic carbocycles. The van der Waals surface area contributed by atoms with Crippen LogP contribution < -0.4 is 0 Å². The highest BCUT2D eigenvalue weighted by atomic mass is 16.5. The molecule has 154 valence electrons. The van der Waals surface area contributed by atoms with Gasteiger partial charge in [0.25, 0.3) is 0 Å². The molecule has 0 rings (SSSR count). The largest absolute Gasteiger partial charge is 0.384 e. The van der Waals surface area contributed by atoms with Crippen molar-refractivity contribution < 1.29 is 33.2 Å². The van der Waals surface area contributed by atoms with Crippen molar-refractivity contribution in [2.75, 3.05) is 95.5 Å². The minimum absolute atomic E-state index is 0.350. The molecule has 0 fully saturated rings. The summed E-state index contributed by atoms with van der Waals surface area (Å²) >= 11 is 0. The quantitative estimate of drug-likeness (QED) is 0.412. The lowest BCUT2D eigenvalue weighted by molar-refractivity contribution is -0.125. The van der Waals surface area contributed by atoms with Crippen LogP contribution in [0.15, 0.2) is 0 Å². The summed E-state index contributed by atoms with van der Waals surface area (Å²) in [6.07, 6.45) is 0. The minimum atomic E-state index is -0.350. The first-order chi connectivity index (χ1) is 12.1. The molecule has 25 heavy (non-hydrogen) atoms. The lowest BCUT2D eigenvalue weighted by Gasteiger charge is -2.35. The van der Waals surface area contributed by atoms with Crippen LogP contribution in [-0.2, 0) is 33.2 Å². The zero-order valence-electron chi connectivity index (χ0n) is 17.5. The maximum atomic E-state index is 6.00. The van der Waals surface area contributed by atoms with Crippen molar-refractivity contribution in [1.29, 1.82) is 0 Å². The molecule has 0 heterocycles. The van der Waals surface area contributed by atoms with Gasteiger partial charge in [-0.2, -0.15) is 0 Å². The molecule has 0 radical (unpaired) electrons. The van der Waals surface area contributed by atoms with E-state index in [1.54, 1.807) is 42.7 Å². The summed E-state index contributed by atoms with van der Waals surface area (Å²) in [6.45, 7) is 7.81. The Morgan fingerprint density at radius 3 is 0.760 bits per heavy atom. The van der Waals surface area contributed by atoms with E-state index >= 15 is 0 Å². The van der Waals surface area contributed by atoms with E-state index in [1.807, 2.05) is 13.8 Å². The van der Waals surface area contributed by atoms with Crippen LogP contribution in [0.5, 0.6) is 0 Å². The van der Waals surface area contributed by atoms with Gasteiger partial charge < -0.3 is 33.2 Å². The van der Waals surface area contributed by atoms with Crippen LogP contribution in [-0.4, -0.2) is 95.5 Å². The minimum Gasteiger partial charge on any atom is -0.384 e. The fourth-order valence-electron chi connectivity index (χ4n) is 2.82. The highest BCUT2D eigenvalue weighted by Gasteiger charge is 2.35. The van der Waals surface area contributed by atoms with Crippen molar-refractivity contribution in [3.8, 4) is 0 Å². The number of hydrogen-bond donors (Lipinski definition) is 0. The zero-order valence-corrected chi connectivity index (χ0v) is 17.5. The fraction of sp³-hybridized carbons (Fsp3) is 1.00. The van der Waals surface area contributed by atoms with Crippen molar-refractivity contribution in [3.05, 3.63) is 0 Å². The average molecular weight is 369 g/mol. The Balaban J connectivity index is 0. The molecule has 0 aliphatic rings. The maximum Gasteiger partial charge on any atom is 0.0637 e. The van der Waals surface area contributed by atoms with Gasteiger partial charge in [-0.05, 0) is 0 Å². The van der Waals surface area contributed by atoms with Gasteiger partial charge in [0.2, 0.25) is 0 Å². The number of ether oxygens (including phenoxy) is 7. The molecule has 0 bridgehead atoms. The topological polar surface area (TPSA) is 64.6 Å². The van der Waals surface area contributed by atoms with Gasteiger partial charge in [-0.15, -0.1) is 0 Å². The Labute approximate surface area is 154 Å². The van der Waals surface area contributed by atoms with E-state index in [2.05, 4.69) is 0 Å². The Morgan fingerprint density at radius 2 is 0.600 bits per heavy atom. The first kappa shape index (κ1) is 26.9. The first-order valence-corrected chi connectivity index (χ1v) is 8.59. The summed E-state index contributed by atoms with van der Waals surface area (Å²) in [5.74, 6) is 0. The first-order valence-electron chi connectivity index (χ1n) is 8.59. The maximum absolute atomic E-state index is 6.00. The van der Waals surface area contributed by atoms with Crippen molar-refractivity contribution in [3.63, 3.8) is 0 Å². The van der Waals surface area contributed by atoms with Crippen molar-refractivity contribution in [2.24, 2.45) is 10.8 Å². The molecule has 0 atom stereocenters. The van der Waals surface area contributed by atoms with Gasteiger partial charge >= 0.3 is 0 Å². The van der Waals surface area contributed by atoms with Crippen LogP contribution in [0.1, 0.15) is 13.8 Å². The molecule has 0 aliphatic heterocycles. The van der Waals surface area contributed by atoms with Crippen molar-refractivity contribution in [2.45, 2.75) is 13.8 Å². The molecule has 7 nitrogen and oxygen atoms in total. The normalized spacial score (nSPS) is 12.0. The van der Waals surface area contributed by atoms with Gasteiger partial charge in [0.1, 0.15) is 0 Å². The van der Waals surface area contributed by atoms with Gasteiger partial charge in [-0.25, -0.2) is 0 Å². The second-order valence-electron chi connectivity index (χ2n) is 6.09. The third-order valence-electron chi connectivity index (χ3n) is 3.52. The van der Waals surface area contributed by atoms with Crippen LogP contribution in [0.25, 0.3) is 0 Å². The van der Waals surface area contributed by atoms with E-state index in [0.717, 1.165) is 0 Å². The van der Waals surface area contributed by atoms with Gasteiger partial charge in [0.15, 0.2) is 0 Å². The smallest absolute Gasteiger partial charge is 0.0637 e. The average Bonchev–Trinajstić information content (AvgIpc) is 2.58. The van der Waals surface area contributed by atoms with E-state index in [0.29, 0.717) is 52.9 Å². The molecular formula is C18H40O7. The summed E-state index contributed by atoms with van der Waals surface area (Å²) in [5.41, 5.74) is -0.700. The van der Waals surface area contributed by atoms with Gasteiger partial charge in [-0.3, -0.25) is 0 Å². The molecule has 0 aromatic rings. The van der Waals surface area contributed by atoms with Crippen LogP contribution in [0, 0.1) is 10.8 Å². The summed E-state index contributed by atoms with van der Waals surface area (Å²) < 4.78 is 37.9. The number of hydrogen-bond acceptors (Lipinski definition) is 7. The van der Waals surface area contributed by atoms with Gasteiger partial charge in [0.05, 0.1) is 63.7 Å². The lowest BCUT2D eigenvalue weighted by atomic mass is 9.90. The highest BCUT2D eigenvalue weighted by molar-refractivity contribution is 4.82. The summed E-state index contributed by atoms with van der Waals surface area (Å²) in [5, 5.41) is 0. The van der Waals surface area contributed by atoms with Crippen LogP contribution in [0.3, 0.4) is 0 Å². The molecule has 0 aliphatic carbocycles. The fourth-order valence-corrected chi connectivity index (χ4v) is 2.82. The molecule has 0 saturated heterocycles. The monoisotopic (exact) mass is 368 g/mol. The highest BCUT2D eigenvalue weighted by Crippen LogP contribution is 2.24. The zero-order chi connectivity index (χ0) is 19.6. The Hall–Kier alpha value is -0.280. The Morgan fingerprint density at radius 1 is 0.400 bits per heavy atom. The van der Waals surface area contributed by atoms with Gasteiger partial charge in [-0.1, -0.05) is 13.8 Å². The molecule has 0 aromatic heterocycles. The predicted octanol–water partition coefficient (Wildman–Crippen LogP) is 1.88. The van der Waals surface area contributed by atoms with Crippen LogP contribution >= 0.6 is 0 Å². The van der Waals surface area contributed by atoms with E-state index in [4.69, 9.17) is 33.2 Å². The standard InChI is InChI=1S/C16H34O7.C2H6/c1-17-7-15(8-18-2,9-19-3)13-23-14-16(10-20-4,11-21-5)12-22-6;1-2/h7-14H2,1-6H3;1-2H3.